The summed E-state index contributed by atoms with van der Waals surface area (Å²) in [4.78, 5) is 25.8. The summed E-state index contributed by atoms with van der Waals surface area (Å²) >= 11 is 0. The van der Waals surface area contributed by atoms with Gasteiger partial charge in [-0.3, -0.25) is 9.78 Å². The molecule has 0 aliphatic carbocycles. The van der Waals surface area contributed by atoms with Crippen molar-refractivity contribution in [2.45, 2.75) is 31.9 Å². The summed E-state index contributed by atoms with van der Waals surface area (Å²) in [6.45, 7) is 2.65. The van der Waals surface area contributed by atoms with Crippen molar-refractivity contribution >= 4 is 16.8 Å². The highest BCUT2D eigenvalue weighted by atomic mass is 19.3. The number of hydrogen-bond acceptors (Lipinski definition) is 6. The lowest BCUT2D eigenvalue weighted by molar-refractivity contribution is 0.0757. The van der Waals surface area contributed by atoms with E-state index in [1.165, 1.54) is 12.1 Å². The molecule has 180 valence electrons. The molecule has 9 heteroatoms. The summed E-state index contributed by atoms with van der Waals surface area (Å²) < 4.78 is 31.6. The fourth-order valence-electron chi connectivity index (χ4n) is 4.18. The Hall–Kier alpha value is -4.29. The number of pyridine rings is 3. The number of ether oxygens (including phenoxy) is 1. The van der Waals surface area contributed by atoms with Gasteiger partial charge in [0.15, 0.2) is 0 Å². The van der Waals surface area contributed by atoms with Crippen LogP contribution in [0.1, 0.15) is 46.2 Å². The Kier molecular flexibility index (Phi) is 6.12. The van der Waals surface area contributed by atoms with Gasteiger partial charge in [-0.05, 0) is 60.5 Å². The van der Waals surface area contributed by atoms with E-state index < -0.39 is 11.8 Å². The first kappa shape index (κ1) is 23.5. The SMILES string of the molecule is C[C@@]1(C#N)COCc2ccc(C(=O)NCc3cc4nc(-c5cccc(C(F)F)n5)ccc4cn3)cc21. The molecule has 0 saturated carbocycles. The van der Waals surface area contributed by atoms with Gasteiger partial charge in [-0.1, -0.05) is 12.1 Å². The summed E-state index contributed by atoms with van der Waals surface area (Å²) in [6, 6.07) is 17.2. The number of carbonyl (C=O) groups excluding carboxylic acids is 1. The van der Waals surface area contributed by atoms with Crippen LogP contribution in [0.4, 0.5) is 8.78 Å². The topological polar surface area (TPSA) is 101 Å². The first-order chi connectivity index (χ1) is 17.4. The first-order valence-corrected chi connectivity index (χ1v) is 11.3. The third-order valence-corrected chi connectivity index (χ3v) is 6.18. The fraction of sp³-hybridized carbons (Fsp3) is 0.222. The van der Waals surface area contributed by atoms with Gasteiger partial charge in [0.05, 0.1) is 48.4 Å². The van der Waals surface area contributed by atoms with Crippen LogP contribution in [-0.2, 0) is 23.3 Å². The van der Waals surface area contributed by atoms with Crippen molar-refractivity contribution in [3.05, 3.63) is 88.9 Å². The van der Waals surface area contributed by atoms with Crippen LogP contribution in [0.5, 0.6) is 0 Å². The van der Waals surface area contributed by atoms with E-state index in [-0.39, 0.29) is 24.8 Å². The number of fused-ring (bicyclic) bond motifs is 2. The Balaban J connectivity index is 1.35. The van der Waals surface area contributed by atoms with E-state index in [1.54, 1.807) is 49.5 Å². The van der Waals surface area contributed by atoms with Gasteiger partial charge >= 0.3 is 0 Å². The maximum absolute atomic E-state index is 13.0. The van der Waals surface area contributed by atoms with Gasteiger partial charge in [0.2, 0.25) is 0 Å². The molecule has 0 saturated heterocycles. The summed E-state index contributed by atoms with van der Waals surface area (Å²) in [7, 11) is 0. The molecule has 0 bridgehead atoms. The van der Waals surface area contributed by atoms with Crippen LogP contribution >= 0.6 is 0 Å². The molecule has 4 heterocycles. The van der Waals surface area contributed by atoms with E-state index in [0.717, 1.165) is 16.5 Å². The van der Waals surface area contributed by atoms with Crippen LogP contribution in [0.25, 0.3) is 22.3 Å². The van der Waals surface area contributed by atoms with Gasteiger partial charge in [-0.2, -0.15) is 5.26 Å². The largest absolute Gasteiger partial charge is 0.375 e. The molecular weight excluding hydrogens is 464 g/mol. The number of carbonyl (C=O) groups is 1. The Morgan fingerprint density at radius 1 is 1.17 bits per heavy atom. The lowest BCUT2D eigenvalue weighted by atomic mass is 9.79. The molecule has 1 N–H and O–H groups in total. The Bertz CT molecular complexity index is 1520. The lowest BCUT2D eigenvalue weighted by Gasteiger charge is -2.30. The number of aromatic nitrogens is 3. The lowest BCUT2D eigenvalue weighted by Crippen LogP contribution is -2.33. The molecule has 1 aromatic carbocycles. The van der Waals surface area contributed by atoms with E-state index in [9.17, 15) is 18.8 Å². The smallest absolute Gasteiger partial charge is 0.280 e. The molecule has 0 unspecified atom stereocenters. The maximum atomic E-state index is 13.0. The molecule has 36 heavy (non-hydrogen) atoms. The minimum Gasteiger partial charge on any atom is -0.375 e. The number of benzene rings is 1. The Labute approximate surface area is 205 Å². The fourth-order valence-corrected chi connectivity index (χ4v) is 4.18. The number of nitriles is 1. The van der Waals surface area contributed by atoms with Crippen LogP contribution in [0.15, 0.2) is 60.8 Å². The van der Waals surface area contributed by atoms with Gasteiger partial charge in [0.25, 0.3) is 12.3 Å². The summed E-state index contributed by atoms with van der Waals surface area (Å²) in [6.07, 6.45) is -1.02. The Morgan fingerprint density at radius 2 is 2.00 bits per heavy atom. The van der Waals surface area contributed by atoms with E-state index in [4.69, 9.17) is 4.74 Å². The second-order valence-electron chi connectivity index (χ2n) is 8.80. The highest BCUT2D eigenvalue weighted by Crippen LogP contribution is 2.32. The van der Waals surface area contributed by atoms with Gasteiger partial charge in [0.1, 0.15) is 11.1 Å². The number of amides is 1. The first-order valence-electron chi connectivity index (χ1n) is 11.3. The van der Waals surface area contributed by atoms with E-state index in [1.807, 2.05) is 6.07 Å². The average molecular weight is 485 g/mol. The van der Waals surface area contributed by atoms with Crippen molar-refractivity contribution < 1.29 is 18.3 Å². The van der Waals surface area contributed by atoms with Crippen molar-refractivity contribution in [1.82, 2.24) is 20.3 Å². The summed E-state index contributed by atoms with van der Waals surface area (Å²) in [5.74, 6) is -0.291. The molecule has 0 radical (unpaired) electrons. The van der Waals surface area contributed by atoms with Crippen LogP contribution in [0, 0.1) is 11.3 Å². The molecule has 5 rings (SSSR count). The third kappa shape index (κ3) is 4.51. The maximum Gasteiger partial charge on any atom is 0.280 e. The summed E-state index contributed by atoms with van der Waals surface area (Å²) in [5, 5.41) is 13.2. The monoisotopic (exact) mass is 485 g/mol. The summed E-state index contributed by atoms with van der Waals surface area (Å²) in [5.41, 5.74) is 3.03. The van der Waals surface area contributed by atoms with Crippen LogP contribution in [-0.4, -0.2) is 27.5 Å². The van der Waals surface area contributed by atoms with Crippen molar-refractivity contribution in [3.63, 3.8) is 0 Å². The van der Waals surface area contributed by atoms with Gasteiger partial charge < -0.3 is 10.1 Å². The number of hydrogen-bond donors (Lipinski definition) is 1. The quantitative estimate of drug-likeness (QED) is 0.433. The normalized spacial score (nSPS) is 17.0. The molecule has 0 fully saturated rings. The zero-order valence-corrected chi connectivity index (χ0v) is 19.3. The zero-order valence-electron chi connectivity index (χ0n) is 19.3. The predicted octanol–water partition coefficient (Wildman–Crippen LogP) is 4.87. The molecule has 7 nitrogen and oxygen atoms in total. The van der Waals surface area contributed by atoms with E-state index >= 15 is 0 Å². The van der Waals surface area contributed by atoms with Crippen LogP contribution in [0.2, 0.25) is 0 Å². The second kappa shape index (κ2) is 9.40. The van der Waals surface area contributed by atoms with E-state index in [2.05, 4.69) is 26.3 Å². The second-order valence-corrected chi connectivity index (χ2v) is 8.80. The van der Waals surface area contributed by atoms with Crippen LogP contribution < -0.4 is 5.32 Å². The number of nitrogens with one attached hydrogen (secondary N) is 1. The highest BCUT2D eigenvalue weighted by Gasteiger charge is 2.33. The van der Waals surface area contributed by atoms with E-state index in [0.29, 0.717) is 34.8 Å². The number of rotatable bonds is 5. The van der Waals surface area contributed by atoms with Crippen molar-refractivity contribution in [2.75, 3.05) is 6.61 Å². The number of nitrogens with zero attached hydrogens (tertiary/aromatic N) is 4. The zero-order chi connectivity index (χ0) is 25.3. The molecule has 0 spiro atoms. The average Bonchev–Trinajstić information content (AvgIpc) is 2.91. The molecule has 3 aromatic heterocycles. The Morgan fingerprint density at radius 3 is 2.81 bits per heavy atom. The van der Waals surface area contributed by atoms with Crippen molar-refractivity contribution in [3.8, 4) is 17.5 Å². The van der Waals surface area contributed by atoms with Gasteiger partial charge in [0, 0.05) is 17.1 Å². The van der Waals surface area contributed by atoms with Crippen molar-refractivity contribution in [1.29, 1.82) is 5.26 Å². The molecule has 4 aromatic rings. The minimum absolute atomic E-state index is 0.162. The number of alkyl halides is 2. The predicted molar refractivity (Wildman–Crippen MR) is 128 cm³/mol. The van der Waals surface area contributed by atoms with Gasteiger partial charge in [-0.25, -0.2) is 18.7 Å². The molecular formula is C27H21F2N5O2. The molecule has 1 aliphatic heterocycles. The highest BCUT2D eigenvalue weighted by molar-refractivity contribution is 5.94. The van der Waals surface area contributed by atoms with Gasteiger partial charge in [-0.15, -0.1) is 0 Å². The standard InChI is InChI=1S/C27H21F2N5O2/c1-27(14-30)15-36-13-18-6-5-16(9-20(18)27)26(35)32-12-19-10-24-17(11-31-19)7-8-22(34-24)21-3-2-4-23(33-21)25(28)29/h2-11,25H,12-13,15H2,1H3,(H,32,35)/t27-/m1/s1. The molecule has 1 atom stereocenters. The number of halogens is 2. The third-order valence-electron chi connectivity index (χ3n) is 6.18. The van der Waals surface area contributed by atoms with Crippen LogP contribution in [0.3, 0.4) is 0 Å². The molecule has 1 amide bonds. The minimum atomic E-state index is -2.66. The van der Waals surface area contributed by atoms with Crippen molar-refractivity contribution in [2.24, 2.45) is 0 Å². The molecule has 1 aliphatic rings.